The number of fused-ring (bicyclic) bond motifs is 1. The molecule has 20 heavy (non-hydrogen) atoms. The monoisotopic (exact) mass is 273 g/mol. The number of benzene rings is 1. The maximum absolute atomic E-state index is 12.3. The van der Waals surface area contributed by atoms with Crippen LogP contribution < -0.4 is 5.32 Å². The first kappa shape index (κ1) is 13.0. The second-order valence-corrected chi connectivity index (χ2v) is 5.50. The predicted octanol–water partition coefficient (Wildman–Crippen LogP) is 0.886. The van der Waals surface area contributed by atoms with Gasteiger partial charge in [0, 0.05) is 44.7 Å². The molecule has 2 aliphatic rings. The van der Waals surface area contributed by atoms with Crippen molar-refractivity contribution in [2.45, 2.75) is 12.3 Å². The normalized spacial score (nSPS) is 21.6. The van der Waals surface area contributed by atoms with Crippen molar-refractivity contribution in [2.24, 2.45) is 0 Å². The molecule has 1 atom stereocenters. The van der Waals surface area contributed by atoms with Crippen molar-refractivity contribution in [1.29, 1.82) is 0 Å². The molecule has 2 heterocycles. The molecule has 3 rings (SSSR count). The average molecular weight is 273 g/mol. The highest BCUT2D eigenvalue weighted by Gasteiger charge is 2.29. The van der Waals surface area contributed by atoms with Crippen molar-refractivity contribution >= 4 is 17.5 Å². The fraction of sp³-hybridized carbons (Fsp3) is 0.467. The zero-order valence-corrected chi connectivity index (χ0v) is 11.6. The SMILES string of the molecule is CN1CCN(C(=O)CC2CNc3ccccc32)CC1=O. The number of para-hydroxylation sites is 1. The lowest BCUT2D eigenvalue weighted by Gasteiger charge is -2.32. The third-order valence-electron chi connectivity index (χ3n) is 4.17. The fourth-order valence-electron chi connectivity index (χ4n) is 2.85. The van der Waals surface area contributed by atoms with E-state index in [1.54, 1.807) is 16.8 Å². The van der Waals surface area contributed by atoms with Gasteiger partial charge >= 0.3 is 0 Å². The van der Waals surface area contributed by atoms with Gasteiger partial charge in [-0.2, -0.15) is 0 Å². The quantitative estimate of drug-likeness (QED) is 0.870. The van der Waals surface area contributed by atoms with E-state index >= 15 is 0 Å². The number of likely N-dealkylation sites (N-methyl/N-ethyl adjacent to an activating group) is 1. The largest absolute Gasteiger partial charge is 0.384 e. The van der Waals surface area contributed by atoms with Gasteiger partial charge in [-0.15, -0.1) is 0 Å². The minimum atomic E-state index is 0.0227. The molecular weight excluding hydrogens is 254 g/mol. The Morgan fingerprint density at radius 2 is 2.15 bits per heavy atom. The van der Waals surface area contributed by atoms with Gasteiger partial charge in [-0.05, 0) is 11.6 Å². The number of hydrogen-bond donors (Lipinski definition) is 1. The van der Waals surface area contributed by atoms with Crippen molar-refractivity contribution in [3.63, 3.8) is 0 Å². The standard InChI is InChI=1S/C15H19N3O2/c1-17-6-7-18(10-15(17)20)14(19)8-11-9-16-13-5-3-2-4-12(11)13/h2-5,11,16H,6-10H2,1H3. The molecule has 1 saturated heterocycles. The summed E-state index contributed by atoms with van der Waals surface area (Å²) in [5.41, 5.74) is 2.33. The number of hydrogen-bond acceptors (Lipinski definition) is 3. The van der Waals surface area contributed by atoms with Crippen LogP contribution in [0, 0.1) is 0 Å². The first-order chi connectivity index (χ1) is 9.65. The maximum atomic E-state index is 12.3. The van der Waals surface area contributed by atoms with Gasteiger partial charge in [0.25, 0.3) is 0 Å². The number of carbonyl (C=O) groups excluding carboxylic acids is 2. The molecule has 5 heteroatoms. The van der Waals surface area contributed by atoms with Gasteiger partial charge in [0.05, 0.1) is 6.54 Å². The Labute approximate surface area is 118 Å². The highest BCUT2D eigenvalue weighted by atomic mass is 16.2. The number of amides is 2. The van der Waals surface area contributed by atoms with Crippen molar-refractivity contribution in [3.05, 3.63) is 29.8 Å². The Bertz CT molecular complexity index is 544. The Hall–Kier alpha value is -2.04. The van der Waals surface area contributed by atoms with Gasteiger partial charge < -0.3 is 15.1 Å². The molecule has 2 amide bonds. The third-order valence-corrected chi connectivity index (χ3v) is 4.17. The van der Waals surface area contributed by atoms with Crippen LogP contribution in [-0.4, -0.2) is 54.8 Å². The second-order valence-electron chi connectivity index (χ2n) is 5.50. The smallest absolute Gasteiger partial charge is 0.241 e. The van der Waals surface area contributed by atoms with Crippen molar-refractivity contribution in [3.8, 4) is 0 Å². The lowest BCUT2D eigenvalue weighted by atomic mass is 9.97. The van der Waals surface area contributed by atoms with Gasteiger partial charge in [0.15, 0.2) is 0 Å². The van der Waals surface area contributed by atoms with Crippen molar-refractivity contribution < 1.29 is 9.59 Å². The zero-order chi connectivity index (χ0) is 14.1. The summed E-state index contributed by atoms with van der Waals surface area (Å²) in [6.45, 7) is 2.29. The first-order valence-electron chi connectivity index (χ1n) is 6.99. The Morgan fingerprint density at radius 1 is 1.35 bits per heavy atom. The van der Waals surface area contributed by atoms with Crippen LogP contribution in [-0.2, 0) is 9.59 Å². The summed E-state index contributed by atoms with van der Waals surface area (Å²) in [5, 5.41) is 3.33. The molecule has 1 unspecified atom stereocenters. The van der Waals surface area contributed by atoms with E-state index < -0.39 is 0 Å². The third kappa shape index (κ3) is 2.35. The van der Waals surface area contributed by atoms with Crippen LogP contribution in [0.15, 0.2) is 24.3 Å². The lowest BCUT2D eigenvalue weighted by molar-refractivity contribution is -0.144. The Kier molecular flexibility index (Phi) is 3.34. The maximum Gasteiger partial charge on any atom is 0.241 e. The molecule has 2 aliphatic heterocycles. The van der Waals surface area contributed by atoms with Crippen LogP contribution in [0.1, 0.15) is 17.9 Å². The van der Waals surface area contributed by atoms with Gasteiger partial charge in [-0.3, -0.25) is 9.59 Å². The number of carbonyl (C=O) groups is 2. The summed E-state index contributed by atoms with van der Waals surface area (Å²) < 4.78 is 0. The van der Waals surface area contributed by atoms with E-state index in [1.807, 2.05) is 18.2 Å². The number of nitrogens with zero attached hydrogens (tertiary/aromatic N) is 2. The number of piperazine rings is 1. The van der Waals surface area contributed by atoms with Crippen LogP contribution in [0.5, 0.6) is 0 Å². The van der Waals surface area contributed by atoms with Gasteiger partial charge in [-0.1, -0.05) is 18.2 Å². The summed E-state index contributed by atoms with van der Waals surface area (Å²) in [4.78, 5) is 27.4. The average Bonchev–Trinajstić information content (AvgIpc) is 2.85. The van der Waals surface area contributed by atoms with E-state index in [9.17, 15) is 9.59 Å². The van der Waals surface area contributed by atoms with E-state index in [0.717, 1.165) is 12.2 Å². The fourth-order valence-corrected chi connectivity index (χ4v) is 2.85. The lowest BCUT2D eigenvalue weighted by Crippen LogP contribution is -2.50. The molecule has 106 valence electrons. The Morgan fingerprint density at radius 3 is 2.95 bits per heavy atom. The van der Waals surface area contributed by atoms with Crippen LogP contribution in [0.2, 0.25) is 0 Å². The van der Waals surface area contributed by atoms with Crippen LogP contribution in [0.3, 0.4) is 0 Å². The molecule has 0 spiro atoms. The molecule has 1 aromatic carbocycles. The molecule has 5 nitrogen and oxygen atoms in total. The summed E-state index contributed by atoms with van der Waals surface area (Å²) in [5.74, 6) is 0.318. The summed E-state index contributed by atoms with van der Waals surface area (Å²) >= 11 is 0. The molecule has 1 fully saturated rings. The number of nitrogens with one attached hydrogen (secondary N) is 1. The molecule has 1 N–H and O–H groups in total. The highest BCUT2D eigenvalue weighted by molar-refractivity contribution is 5.86. The van der Waals surface area contributed by atoms with E-state index in [2.05, 4.69) is 11.4 Å². The molecule has 0 aromatic heterocycles. The molecule has 0 aliphatic carbocycles. The zero-order valence-electron chi connectivity index (χ0n) is 11.6. The summed E-state index contributed by atoms with van der Waals surface area (Å²) in [7, 11) is 1.78. The second kappa shape index (κ2) is 5.15. The van der Waals surface area contributed by atoms with Gasteiger partial charge in [0.2, 0.25) is 11.8 Å². The predicted molar refractivity (Wildman–Crippen MR) is 76.5 cm³/mol. The van der Waals surface area contributed by atoms with E-state index in [4.69, 9.17) is 0 Å². The molecule has 0 radical (unpaired) electrons. The molecule has 1 aromatic rings. The molecule has 0 saturated carbocycles. The topological polar surface area (TPSA) is 52.6 Å². The minimum absolute atomic E-state index is 0.0227. The van der Waals surface area contributed by atoms with E-state index in [1.165, 1.54) is 5.56 Å². The summed E-state index contributed by atoms with van der Waals surface area (Å²) in [6.07, 6.45) is 0.473. The summed E-state index contributed by atoms with van der Waals surface area (Å²) in [6, 6.07) is 8.11. The molecule has 0 bridgehead atoms. The minimum Gasteiger partial charge on any atom is -0.384 e. The van der Waals surface area contributed by atoms with Crippen LogP contribution in [0.25, 0.3) is 0 Å². The van der Waals surface area contributed by atoms with E-state index in [0.29, 0.717) is 19.5 Å². The van der Waals surface area contributed by atoms with Crippen LogP contribution in [0.4, 0.5) is 5.69 Å². The number of rotatable bonds is 2. The van der Waals surface area contributed by atoms with E-state index in [-0.39, 0.29) is 24.3 Å². The van der Waals surface area contributed by atoms with Crippen LogP contribution >= 0.6 is 0 Å². The highest BCUT2D eigenvalue weighted by Crippen LogP contribution is 2.33. The Balaban J connectivity index is 1.64. The number of anilines is 1. The van der Waals surface area contributed by atoms with Crippen molar-refractivity contribution in [1.82, 2.24) is 9.80 Å². The van der Waals surface area contributed by atoms with Gasteiger partial charge in [-0.25, -0.2) is 0 Å². The van der Waals surface area contributed by atoms with Gasteiger partial charge in [0.1, 0.15) is 0 Å². The molecular formula is C15H19N3O2. The van der Waals surface area contributed by atoms with Crippen molar-refractivity contribution in [2.75, 3.05) is 38.5 Å². The first-order valence-corrected chi connectivity index (χ1v) is 6.99.